The summed E-state index contributed by atoms with van der Waals surface area (Å²) in [7, 11) is -4.20. The first-order valence-corrected chi connectivity index (χ1v) is 9.77. The van der Waals surface area contributed by atoms with Gasteiger partial charge >= 0.3 is 6.36 Å². The molecule has 1 rings (SSSR count). The molecule has 0 aliphatic carbocycles. The standard InChI is InChI=1S/C15H21BrF3NO4S/c1-10(5-4-8-14(2,3)21)20-25(22,23)13-7-6-11(16)9-12(13)24-15(17,18)19/h6-7,9-10,20-21H,4-5,8H2,1-3H3. The Morgan fingerprint density at radius 2 is 1.92 bits per heavy atom. The van der Waals surface area contributed by atoms with E-state index in [1.165, 1.54) is 6.07 Å². The van der Waals surface area contributed by atoms with E-state index >= 15 is 0 Å². The van der Waals surface area contributed by atoms with Crippen LogP contribution in [0.5, 0.6) is 5.75 Å². The van der Waals surface area contributed by atoms with Gasteiger partial charge in [0.2, 0.25) is 10.0 Å². The number of aliphatic hydroxyl groups is 1. The molecule has 0 saturated carbocycles. The van der Waals surface area contributed by atoms with Gasteiger partial charge in [0.15, 0.2) is 5.75 Å². The maximum absolute atomic E-state index is 12.5. The highest BCUT2D eigenvalue weighted by atomic mass is 79.9. The first kappa shape index (κ1) is 22.2. The molecule has 10 heteroatoms. The monoisotopic (exact) mass is 447 g/mol. The highest BCUT2D eigenvalue weighted by Gasteiger charge is 2.34. The Kier molecular flexibility index (Phi) is 7.31. The quantitative estimate of drug-likeness (QED) is 0.632. The summed E-state index contributed by atoms with van der Waals surface area (Å²) in [5.41, 5.74) is -0.863. The molecular weight excluding hydrogens is 427 g/mol. The Hall–Kier alpha value is -0.840. The van der Waals surface area contributed by atoms with Crippen LogP contribution in [0.4, 0.5) is 13.2 Å². The van der Waals surface area contributed by atoms with Gasteiger partial charge in [0.1, 0.15) is 4.90 Å². The lowest BCUT2D eigenvalue weighted by molar-refractivity contribution is -0.275. The molecule has 0 amide bonds. The third-order valence-corrected chi connectivity index (χ3v) is 5.33. The summed E-state index contributed by atoms with van der Waals surface area (Å²) in [5, 5.41) is 9.65. The van der Waals surface area contributed by atoms with Crippen molar-refractivity contribution >= 4 is 26.0 Å². The van der Waals surface area contributed by atoms with E-state index in [0.717, 1.165) is 12.1 Å². The fourth-order valence-corrected chi connectivity index (χ4v) is 3.86. The zero-order valence-electron chi connectivity index (χ0n) is 14.0. The van der Waals surface area contributed by atoms with Crippen molar-refractivity contribution in [3.8, 4) is 5.75 Å². The van der Waals surface area contributed by atoms with Crippen LogP contribution in [0.2, 0.25) is 0 Å². The molecule has 1 aromatic carbocycles. The average Bonchev–Trinajstić information content (AvgIpc) is 2.33. The Bertz CT molecular complexity index is 687. The summed E-state index contributed by atoms with van der Waals surface area (Å²) < 4.78 is 68.7. The molecule has 0 fully saturated rings. The Morgan fingerprint density at radius 1 is 1.32 bits per heavy atom. The van der Waals surface area contributed by atoms with Crippen LogP contribution in [0.3, 0.4) is 0 Å². The second kappa shape index (κ2) is 8.24. The minimum Gasteiger partial charge on any atom is -0.404 e. The van der Waals surface area contributed by atoms with Crippen LogP contribution in [0.15, 0.2) is 27.6 Å². The minimum atomic E-state index is -5.01. The molecule has 2 N–H and O–H groups in total. The van der Waals surface area contributed by atoms with E-state index in [1.54, 1.807) is 20.8 Å². The lowest BCUT2D eigenvalue weighted by Gasteiger charge is -2.20. The van der Waals surface area contributed by atoms with Crippen LogP contribution in [0, 0.1) is 0 Å². The van der Waals surface area contributed by atoms with E-state index in [1.807, 2.05) is 0 Å². The van der Waals surface area contributed by atoms with E-state index in [4.69, 9.17) is 0 Å². The van der Waals surface area contributed by atoms with Crippen LogP contribution in [-0.4, -0.2) is 31.5 Å². The first-order valence-electron chi connectivity index (χ1n) is 7.50. The number of alkyl halides is 3. The molecule has 1 unspecified atom stereocenters. The zero-order chi connectivity index (χ0) is 19.5. The van der Waals surface area contributed by atoms with E-state index in [-0.39, 0.29) is 4.47 Å². The lowest BCUT2D eigenvalue weighted by Crippen LogP contribution is -2.33. The molecule has 0 heterocycles. The van der Waals surface area contributed by atoms with Gasteiger partial charge in [-0.2, -0.15) is 0 Å². The van der Waals surface area contributed by atoms with Gasteiger partial charge in [0.05, 0.1) is 5.60 Å². The molecule has 25 heavy (non-hydrogen) atoms. The Balaban J connectivity index is 2.91. The van der Waals surface area contributed by atoms with Crippen molar-refractivity contribution < 1.29 is 31.4 Å². The van der Waals surface area contributed by atoms with Crippen molar-refractivity contribution in [2.24, 2.45) is 0 Å². The number of nitrogens with one attached hydrogen (secondary N) is 1. The first-order chi connectivity index (χ1) is 11.2. The van der Waals surface area contributed by atoms with Gasteiger partial charge in [0.25, 0.3) is 0 Å². The number of benzene rings is 1. The molecule has 0 spiro atoms. The zero-order valence-corrected chi connectivity index (χ0v) is 16.4. The van der Waals surface area contributed by atoms with Gasteiger partial charge in [-0.25, -0.2) is 13.1 Å². The molecule has 5 nitrogen and oxygen atoms in total. The molecule has 0 saturated heterocycles. The molecule has 0 aliphatic heterocycles. The van der Waals surface area contributed by atoms with Crippen molar-refractivity contribution in [3.63, 3.8) is 0 Å². The molecule has 144 valence electrons. The number of halogens is 4. The van der Waals surface area contributed by atoms with Crippen LogP contribution < -0.4 is 9.46 Å². The second-order valence-corrected chi connectivity index (χ2v) is 8.96. The van der Waals surface area contributed by atoms with E-state index in [9.17, 15) is 26.7 Å². The van der Waals surface area contributed by atoms with Crippen LogP contribution in [0.1, 0.15) is 40.0 Å². The molecule has 1 atom stereocenters. The van der Waals surface area contributed by atoms with Crippen molar-refractivity contribution in [3.05, 3.63) is 22.7 Å². The van der Waals surface area contributed by atoms with Gasteiger partial charge in [-0.3, -0.25) is 0 Å². The summed E-state index contributed by atoms with van der Waals surface area (Å²) in [6.07, 6.45) is -3.56. The van der Waals surface area contributed by atoms with Gasteiger partial charge < -0.3 is 9.84 Å². The molecule has 0 bridgehead atoms. The summed E-state index contributed by atoms with van der Waals surface area (Å²) in [5.74, 6) is -0.807. The number of rotatable bonds is 8. The highest BCUT2D eigenvalue weighted by molar-refractivity contribution is 9.10. The number of sulfonamides is 1. The molecule has 0 radical (unpaired) electrons. The fraction of sp³-hybridized carbons (Fsp3) is 0.600. The Morgan fingerprint density at radius 3 is 2.44 bits per heavy atom. The van der Waals surface area contributed by atoms with Gasteiger partial charge in [-0.15, -0.1) is 13.2 Å². The minimum absolute atomic E-state index is 0.254. The average molecular weight is 448 g/mol. The number of hydrogen-bond acceptors (Lipinski definition) is 4. The number of ether oxygens (including phenoxy) is 1. The van der Waals surface area contributed by atoms with Gasteiger partial charge in [-0.05, 0) is 58.2 Å². The van der Waals surface area contributed by atoms with Gasteiger partial charge in [0, 0.05) is 10.5 Å². The third-order valence-electron chi connectivity index (χ3n) is 3.20. The maximum Gasteiger partial charge on any atom is 0.573 e. The van der Waals surface area contributed by atoms with E-state index in [2.05, 4.69) is 25.4 Å². The second-order valence-electron chi connectivity index (χ2n) is 6.37. The van der Waals surface area contributed by atoms with Crippen LogP contribution in [-0.2, 0) is 10.0 Å². The molecular formula is C15H21BrF3NO4S. The van der Waals surface area contributed by atoms with Gasteiger partial charge in [-0.1, -0.05) is 15.9 Å². The normalized spacial score (nSPS) is 14.4. The number of hydrogen-bond donors (Lipinski definition) is 2. The topological polar surface area (TPSA) is 75.6 Å². The van der Waals surface area contributed by atoms with Crippen molar-refractivity contribution in [1.29, 1.82) is 0 Å². The summed E-state index contributed by atoms with van der Waals surface area (Å²) in [6, 6.07) is 2.78. The summed E-state index contributed by atoms with van der Waals surface area (Å²) in [4.78, 5) is -0.595. The van der Waals surface area contributed by atoms with Crippen LogP contribution >= 0.6 is 15.9 Å². The van der Waals surface area contributed by atoms with E-state index < -0.39 is 38.7 Å². The fourth-order valence-electron chi connectivity index (χ4n) is 2.14. The molecule has 0 aliphatic rings. The largest absolute Gasteiger partial charge is 0.573 e. The Labute approximate surface area is 153 Å². The van der Waals surface area contributed by atoms with Crippen molar-refractivity contribution in [1.82, 2.24) is 4.72 Å². The summed E-state index contributed by atoms with van der Waals surface area (Å²) >= 11 is 2.99. The predicted octanol–water partition coefficient (Wildman–Crippen LogP) is 3.96. The molecule has 0 aromatic heterocycles. The van der Waals surface area contributed by atoms with Crippen molar-refractivity contribution in [2.45, 2.75) is 62.9 Å². The third kappa shape index (κ3) is 8.39. The maximum atomic E-state index is 12.5. The highest BCUT2D eigenvalue weighted by Crippen LogP contribution is 2.32. The SMILES string of the molecule is CC(CCCC(C)(C)O)NS(=O)(=O)c1ccc(Br)cc1OC(F)(F)F. The smallest absolute Gasteiger partial charge is 0.404 e. The van der Waals surface area contributed by atoms with Crippen molar-refractivity contribution in [2.75, 3.05) is 0 Å². The summed E-state index contributed by atoms with van der Waals surface area (Å²) in [6.45, 7) is 4.89. The van der Waals surface area contributed by atoms with Crippen LogP contribution in [0.25, 0.3) is 0 Å². The predicted molar refractivity (Wildman–Crippen MR) is 90.8 cm³/mol. The van der Waals surface area contributed by atoms with E-state index in [0.29, 0.717) is 19.3 Å². The molecule has 1 aromatic rings. The lowest BCUT2D eigenvalue weighted by atomic mass is 10.00.